The van der Waals surface area contributed by atoms with Crippen molar-refractivity contribution >= 4 is 34.8 Å². The van der Waals surface area contributed by atoms with E-state index < -0.39 is 5.41 Å². The number of carbonyl (C=O) groups is 2. The zero-order valence-corrected chi connectivity index (χ0v) is 16.5. The third-order valence-electron chi connectivity index (χ3n) is 5.18. The lowest BCUT2D eigenvalue weighted by Crippen LogP contribution is -2.50. The van der Waals surface area contributed by atoms with E-state index in [-0.39, 0.29) is 17.0 Å². The van der Waals surface area contributed by atoms with Crippen LogP contribution < -0.4 is 0 Å². The lowest BCUT2D eigenvalue weighted by atomic mass is 9.59. The van der Waals surface area contributed by atoms with E-state index in [1.165, 1.54) is 0 Å². The lowest BCUT2D eigenvalue weighted by Gasteiger charge is -2.41. The first kappa shape index (κ1) is 19.1. The normalized spacial score (nSPS) is 18.8. The molecule has 0 atom stereocenters. The van der Waals surface area contributed by atoms with Crippen LogP contribution in [-0.2, 0) is 22.4 Å². The summed E-state index contributed by atoms with van der Waals surface area (Å²) in [4.78, 5) is 26.4. The van der Waals surface area contributed by atoms with E-state index in [2.05, 4.69) is 0 Å². The second-order valence-corrected chi connectivity index (χ2v) is 8.93. The van der Waals surface area contributed by atoms with Crippen molar-refractivity contribution in [1.82, 2.24) is 0 Å². The lowest BCUT2D eigenvalue weighted by molar-refractivity contribution is -0.148. The highest BCUT2D eigenvalue weighted by molar-refractivity contribution is 6.30. The Morgan fingerprint density at radius 1 is 0.731 bits per heavy atom. The molecular formula is C22H22Cl2O2. The summed E-state index contributed by atoms with van der Waals surface area (Å²) in [6, 6.07) is 14.8. The van der Waals surface area contributed by atoms with Gasteiger partial charge in [0.25, 0.3) is 0 Å². The Morgan fingerprint density at radius 3 is 1.42 bits per heavy atom. The van der Waals surface area contributed by atoms with Crippen LogP contribution >= 0.6 is 23.2 Å². The number of hydrogen-bond donors (Lipinski definition) is 0. The molecule has 0 bridgehead atoms. The van der Waals surface area contributed by atoms with Gasteiger partial charge in [-0.3, -0.25) is 9.59 Å². The summed E-state index contributed by atoms with van der Waals surface area (Å²) in [6.07, 6.45) is 1.64. The molecule has 1 aliphatic carbocycles. The summed E-state index contributed by atoms with van der Waals surface area (Å²) in [7, 11) is 0. The quantitative estimate of drug-likeness (QED) is 0.627. The molecule has 1 saturated carbocycles. The summed E-state index contributed by atoms with van der Waals surface area (Å²) < 4.78 is 0. The van der Waals surface area contributed by atoms with Gasteiger partial charge < -0.3 is 0 Å². The number of ketones is 2. The van der Waals surface area contributed by atoms with Gasteiger partial charge in [-0.05, 0) is 53.6 Å². The van der Waals surface area contributed by atoms with Crippen LogP contribution in [0.15, 0.2) is 48.5 Å². The van der Waals surface area contributed by atoms with Crippen LogP contribution in [0.5, 0.6) is 0 Å². The molecule has 0 saturated heterocycles. The predicted molar refractivity (Wildman–Crippen MR) is 106 cm³/mol. The summed E-state index contributed by atoms with van der Waals surface area (Å²) in [6.45, 7) is 3.97. The number of rotatable bonds is 4. The van der Waals surface area contributed by atoms with Crippen molar-refractivity contribution in [3.05, 3.63) is 69.7 Å². The van der Waals surface area contributed by atoms with E-state index in [4.69, 9.17) is 23.2 Å². The molecule has 4 heteroatoms. The Kier molecular flexibility index (Phi) is 5.28. The second-order valence-electron chi connectivity index (χ2n) is 8.05. The second kappa shape index (κ2) is 7.17. The number of benzene rings is 2. The maximum absolute atomic E-state index is 13.2. The smallest absolute Gasteiger partial charge is 0.147 e. The molecule has 1 aliphatic rings. The molecule has 0 radical (unpaired) electrons. The Balaban J connectivity index is 2.00. The van der Waals surface area contributed by atoms with Gasteiger partial charge in [-0.2, -0.15) is 0 Å². The van der Waals surface area contributed by atoms with Crippen LogP contribution in [0.4, 0.5) is 0 Å². The van der Waals surface area contributed by atoms with Crippen molar-refractivity contribution in [2.75, 3.05) is 0 Å². The third-order valence-corrected chi connectivity index (χ3v) is 5.69. The standard InChI is InChI=1S/C22H22Cl2O2/c1-21(2)13-19(25)22(20(26)14-21,11-15-3-7-17(23)8-4-15)12-16-5-9-18(24)10-6-16/h3-10H,11-14H2,1-2H3. The van der Waals surface area contributed by atoms with Crippen molar-refractivity contribution in [1.29, 1.82) is 0 Å². The van der Waals surface area contributed by atoms with E-state index in [0.717, 1.165) is 11.1 Å². The molecule has 136 valence electrons. The average Bonchev–Trinajstić information content (AvgIpc) is 2.56. The van der Waals surface area contributed by atoms with Crippen LogP contribution in [0.2, 0.25) is 10.0 Å². The molecule has 0 aromatic heterocycles. The summed E-state index contributed by atoms with van der Waals surface area (Å²) in [5, 5.41) is 1.28. The molecule has 0 amide bonds. The van der Waals surface area contributed by atoms with Gasteiger partial charge in [0.05, 0.1) is 5.41 Å². The van der Waals surface area contributed by atoms with Crippen molar-refractivity contribution in [3.63, 3.8) is 0 Å². The summed E-state index contributed by atoms with van der Waals surface area (Å²) in [5.41, 5.74) is 0.601. The highest BCUT2D eigenvalue weighted by Gasteiger charge is 2.51. The van der Waals surface area contributed by atoms with Gasteiger partial charge in [-0.25, -0.2) is 0 Å². The van der Waals surface area contributed by atoms with Gasteiger partial charge >= 0.3 is 0 Å². The topological polar surface area (TPSA) is 34.1 Å². The molecule has 2 nitrogen and oxygen atoms in total. The van der Waals surface area contributed by atoms with Gasteiger partial charge in [0, 0.05) is 22.9 Å². The molecule has 0 heterocycles. The fraction of sp³-hybridized carbons (Fsp3) is 0.364. The van der Waals surface area contributed by atoms with Crippen molar-refractivity contribution in [2.24, 2.45) is 10.8 Å². The minimum atomic E-state index is -1.02. The van der Waals surface area contributed by atoms with E-state index >= 15 is 0 Å². The Labute approximate surface area is 164 Å². The molecule has 26 heavy (non-hydrogen) atoms. The first-order valence-corrected chi connectivity index (χ1v) is 9.51. The number of hydrogen-bond acceptors (Lipinski definition) is 2. The molecule has 0 aliphatic heterocycles. The SMILES string of the molecule is CC1(C)CC(=O)C(Cc2ccc(Cl)cc2)(Cc2ccc(Cl)cc2)C(=O)C1. The Hall–Kier alpha value is -1.64. The van der Waals surface area contributed by atoms with Gasteiger partial charge in [-0.15, -0.1) is 0 Å². The monoisotopic (exact) mass is 388 g/mol. The van der Waals surface area contributed by atoms with Crippen LogP contribution in [0.3, 0.4) is 0 Å². The minimum Gasteiger partial charge on any atom is -0.299 e. The fourth-order valence-electron chi connectivity index (χ4n) is 3.78. The summed E-state index contributed by atoms with van der Waals surface area (Å²) >= 11 is 12.0. The largest absolute Gasteiger partial charge is 0.299 e. The highest BCUT2D eigenvalue weighted by atomic mass is 35.5. The molecule has 0 spiro atoms. The van der Waals surface area contributed by atoms with Gasteiger partial charge in [0.2, 0.25) is 0 Å². The Morgan fingerprint density at radius 2 is 1.08 bits per heavy atom. The third kappa shape index (κ3) is 4.02. The number of Topliss-reactive ketones (excluding diaryl/α,β-unsaturated/α-hetero) is 2. The van der Waals surface area contributed by atoms with E-state index in [9.17, 15) is 9.59 Å². The van der Waals surface area contributed by atoms with Gasteiger partial charge in [0.1, 0.15) is 11.6 Å². The minimum absolute atomic E-state index is 0.0312. The van der Waals surface area contributed by atoms with E-state index in [1.54, 1.807) is 24.3 Å². The summed E-state index contributed by atoms with van der Waals surface area (Å²) in [5.74, 6) is 0.0623. The average molecular weight is 389 g/mol. The zero-order valence-electron chi connectivity index (χ0n) is 15.0. The van der Waals surface area contributed by atoms with Crippen molar-refractivity contribution in [2.45, 2.75) is 39.5 Å². The molecule has 0 unspecified atom stereocenters. The highest BCUT2D eigenvalue weighted by Crippen LogP contribution is 2.44. The molecule has 0 N–H and O–H groups in total. The fourth-order valence-corrected chi connectivity index (χ4v) is 4.04. The van der Waals surface area contributed by atoms with E-state index in [0.29, 0.717) is 35.7 Å². The van der Waals surface area contributed by atoms with Gasteiger partial charge in [-0.1, -0.05) is 61.3 Å². The van der Waals surface area contributed by atoms with Crippen molar-refractivity contribution in [3.8, 4) is 0 Å². The Bertz CT molecular complexity index is 751. The van der Waals surface area contributed by atoms with Crippen LogP contribution in [0.1, 0.15) is 37.8 Å². The van der Waals surface area contributed by atoms with Crippen LogP contribution in [-0.4, -0.2) is 11.6 Å². The van der Waals surface area contributed by atoms with Crippen molar-refractivity contribution < 1.29 is 9.59 Å². The molecule has 2 aromatic rings. The molecule has 1 fully saturated rings. The number of carbonyl (C=O) groups excluding carboxylic acids is 2. The van der Waals surface area contributed by atoms with Crippen LogP contribution in [0.25, 0.3) is 0 Å². The van der Waals surface area contributed by atoms with Crippen LogP contribution in [0, 0.1) is 10.8 Å². The molecule has 3 rings (SSSR count). The predicted octanol–water partition coefficient (Wildman–Crippen LogP) is 5.72. The van der Waals surface area contributed by atoms with E-state index in [1.807, 2.05) is 38.1 Å². The van der Waals surface area contributed by atoms with Gasteiger partial charge in [0.15, 0.2) is 0 Å². The first-order chi connectivity index (χ1) is 12.2. The maximum atomic E-state index is 13.2. The maximum Gasteiger partial charge on any atom is 0.147 e. The first-order valence-electron chi connectivity index (χ1n) is 8.76. The zero-order chi connectivity index (χ0) is 18.9. The molecular weight excluding hydrogens is 367 g/mol. The number of halogens is 2. The molecule has 2 aromatic carbocycles.